The molecule has 29 heavy (non-hydrogen) atoms. The van der Waals surface area contributed by atoms with E-state index in [4.69, 9.17) is 17.0 Å². The first-order valence-corrected chi connectivity index (χ1v) is 11.0. The van der Waals surface area contributed by atoms with Gasteiger partial charge in [0, 0.05) is 32.1 Å². The summed E-state index contributed by atoms with van der Waals surface area (Å²) in [7, 11) is 0. The third kappa shape index (κ3) is 4.06. The van der Waals surface area contributed by atoms with Crippen molar-refractivity contribution in [1.29, 1.82) is 0 Å². The predicted molar refractivity (Wildman–Crippen MR) is 110 cm³/mol. The number of aromatic amines is 1. The summed E-state index contributed by atoms with van der Waals surface area (Å²) in [4.78, 5) is 27.4. The molecule has 3 aliphatic rings. The average molecular weight is 422 g/mol. The quantitative estimate of drug-likeness (QED) is 0.713. The number of H-pyrrole nitrogens is 1. The minimum Gasteiger partial charge on any atom is -0.444 e. The Kier molecular flexibility index (Phi) is 5.21. The molecule has 9 heteroatoms. The number of fused-ring (bicyclic) bond motifs is 1. The smallest absolute Gasteiger partial charge is 0.410 e. The highest BCUT2D eigenvalue weighted by Gasteiger charge is 2.55. The van der Waals surface area contributed by atoms with Gasteiger partial charge in [-0.05, 0) is 64.6 Å². The first kappa shape index (κ1) is 20.4. The van der Waals surface area contributed by atoms with Gasteiger partial charge >= 0.3 is 6.09 Å². The SMILES string of the molecule is CC(C)(C)OC(=O)N1C[C@H]2CCC[C@@]2(C(=O)NCCc2n[nH]c(=S)n2C2CC2)C1. The molecular weight excluding hydrogens is 390 g/mol. The van der Waals surface area contributed by atoms with Crippen LogP contribution in [0.3, 0.4) is 0 Å². The number of carbonyl (C=O) groups excluding carboxylic acids is 2. The van der Waals surface area contributed by atoms with Gasteiger partial charge in [-0.2, -0.15) is 5.10 Å². The van der Waals surface area contributed by atoms with Crippen molar-refractivity contribution in [3.05, 3.63) is 10.6 Å². The Morgan fingerprint density at radius 3 is 2.79 bits per heavy atom. The van der Waals surface area contributed by atoms with Gasteiger partial charge in [0.15, 0.2) is 4.77 Å². The zero-order valence-corrected chi connectivity index (χ0v) is 18.3. The fourth-order valence-corrected chi connectivity index (χ4v) is 5.11. The van der Waals surface area contributed by atoms with Gasteiger partial charge in [-0.15, -0.1) is 0 Å². The molecule has 1 aliphatic heterocycles. The lowest BCUT2D eigenvalue weighted by Gasteiger charge is -2.28. The Labute approximate surface area is 176 Å². The fraction of sp³-hybridized carbons (Fsp3) is 0.800. The Balaban J connectivity index is 1.37. The molecule has 0 bridgehead atoms. The number of amides is 2. The molecule has 0 aromatic carbocycles. The van der Waals surface area contributed by atoms with Crippen LogP contribution in [0.25, 0.3) is 0 Å². The monoisotopic (exact) mass is 421 g/mol. The van der Waals surface area contributed by atoms with Gasteiger partial charge in [0.05, 0.1) is 5.41 Å². The number of rotatable bonds is 5. The summed E-state index contributed by atoms with van der Waals surface area (Å²) in [6.07, 6.45) is 5.43. The average Bonchev–Trinajstić information content (AvgIpc) is 3.09. The molecule has 0 spiro atoms. The van der Waals surface area contributed by atoms with Crippen molar-refractivity contribution < 1.29 is 14.3 Å². The summed E-state index contributed by atoms with van der Waals surface area (Å²) in [5.74, 6) is 1.16. The highest BCUT2D eigenvalue weighted by Crippen LogP contribution is 2.49. The Hall–Kier alpha value is -1.90. The first-order chi connectivity index (χ1) is 13.7. The van der Waals surface area contributed by atoms with Crippen LogP contribution >= 0.6 is 12.2 Å². The molecule has 2 aliphatic carbocycles. The highest BCUT2D eigenvalue weighted by molar-refractivity contribution is 7.71. The molecule has 2 amide bonds. The van der Waals surface area contributed by atoms with Crippen molar-refractivity contribution in [3.63, 3.8) is 0 Å². The molecule has 2 heterocycles. The molecule has 0 unspecified atom stereocenters. The standard InChI is InChI=1S/C20H31N5O3S/c1-19(2,3)28-18(27)24-11-13-5-4-9-20(13,12-24)16(26)21-10-8-15-22-23-17(29)25(15)14-6-7-14/h13-14H,4-12H2,1-3H3,(H,21,26)(H,23,29)/t13-,20-/m1/s1. The maximum absolute atomic E-state index is 13.2. The zero-order valence-electron chi connectivity index (χ0n) is 17.5. The third-order valence-electron chi connectivity index (χ3n) is 6.30. The van der Waals surface area contributed by atoms with Crippen molar-refractivity contribution in [1.82, 2.24) is 25.0 Å². The molecule has 1 aromatic rings. The lowest BCUT2D eigenvalue weighted by atomic mass is 9.80. The van der Waals surface area contributed by atoms with E-state index in [9.17, 15) is 9.59 Å². The molecular formula is C20H31N5O3S. The molecule has 8 nitrogen and oxygen atoms in total. The summed E-state index contributed by atoms with van der Waals surface area (Å²) in [5, 5.41) is 10.3. The van der Waals surface area contributed by atoms with E-state index < -0.39 is 11.0 Å². The summed E-state index contributed by atoms with van der Waals surface area (Å²) >= 11 is 5.32. The maximum atomic E-state index is 13.2. The number of nitrogens with one attached hydrogen (secondary N) is 2. The zero-order chi connectivity index (χ0) is 20.8. The molecule has 2 saturated carbocycles. The lowest BCUT2D eigenvalue weighted by molar-refractivity contribution is -0.131. The predicted octanol–water partition coefficient (Wildman–Crippen LogP) is 2.97. The maximum Gasteiger partial charge on any atom is 0.410 e. The summed E-state index contributed by atoms with van der Waals surface area (Å²) in [5.41, 5.74) is -1.02. The van der Waals surface area contributed by atoms with E-state index >= 15 is 0 Å². The van der Waals surface area contributed by atoms with Gasteiger partial charge in [-0.25, -0.2) is 4.79 Å². The van der Waals surface area contributed by atoms with Crippen LogP contribution in [0.1, 0.15) is 64.7 Å². The van der Waals surface area contributed by atoms with E-state index in [1.807, 2.05) is 20.8 Å². The molecule has 3 fully saturated rings. The normalized spacial score (nSPS) is 26.4. The second-order valence-electron chi connectivity index (χ2n) is 9.66. The van der Waals surface area contributed by atoms with Gasteiger partial charge in [-0.3, -0.25) is 9.89 Å². The van der Waals surface area contributed by atoms with E-state index in [-0.39, 0.29) is 17.9 Å². The second-order valence-corrected chi connectivity index (χ2v) is 10.0. The minimum atomic E-state index is -0.533. The van der Waals surface area contributed by atoms with Crippen LogP contribution in [0.15, 0.2) is 0 Å². The van der Waals surface area contributed by atoms with Crippen LogP contribution in [0.5, 0.6) is 0 Å². The Morgan fingerprint density at radius 1 is 1.34 bits per heavy atom. The van der Waals surface area contributed by atoms with Crippen molar-refractivity contribution in [2.45, 2.75) is 70.9 Å². The Bertz CT molecular complexity index is 853. The fourth-order valence-electron chi connectivity index (χ4n) is 4.81. The largest absolute Gasteiger partial charge is 0.444 e. The molecule has 1 aromatic heterocycles. The van der Waals surface area contributed by atoms with Gasteiger partial charge < -0.3 is 19.5 Å². The van der Waals surface area contributed by atoms with Gasteiger partial charge in [0.25, 0.3) is 0 Å². The van der Waals surface area contributed by atoms with E-state index in [1.54, 1.807) is 4.90 Å². The van der Waals surface area contributed by atoms with Gasteiger partial charge in [-0.1, -0.05) is 6.42 Å². The number of hydrogen-bond donors (Lipinski definition) is 2. The number of carbonyl (C=O) groups is 2. The molecule has 4 rings (SSSR count). The number of ether oxygens (including phenoxy) is 1. The topological polar surface area (TPSA) is 92.2 Å². The Morgan fingerprint density at radius 2 is 2.10 bits per heavy atom. The van der Waals surface area contributed by atoms with E-state index in [2.05, 4.69) is 20.1 Å². The molecule has 1 saturated heterocycles. The number of likely N-dealkylation sites (tertiary alicyclic amines) is 1. The summed E-state index contributed by atoms with van der Waals surface area (Å²) in [6, 6.07) is 0.460. The van der Waals surface area contributed by atoms with Crippen LogP contribution < -0.4 is 5.32 Å². The third-order valence-corrected chi connectivity index (χ3v) is 6.59. The van der Waals surface area contributed by atoms with E-state index in [0.717, 1.165) is 37.9 Å². The van der Waals surface area contributed by atoms with E-state index in [0.29, 0.717) is 36.9 Å². The molecule has 160 valence electrons. The van der Waals surface area contributed by atoms with Crippen LogP contribution in [-0.4, -0.2) is 56.9 Å². The van der Waals surface area contributed by atoms with Crippen molar-refractivity contribution in [2.24, 2.45) is 11.3 Å². The second kappa shape index (κ2) is 7.41. The number of nitrogens with zero attached hydrogens (tertiary/aromatic N) is 3. The van der Waals surface area contributed by atoms with Gasteiger partial charge in [0.2, 0.25) is 5.91 Å². The van der Waals surface area contributed by atoms with Crippen LogP contribution in [0.2, 0.25) is 0 Å². The number of hydrogen-bond acceptors (Lipinski definition) is 5. The van der Waals surface area contributed by atoms with Crippen LogP contribution in [0.4, 0.5) is 4.79 Å². The number of aromatic nitrogens is 3. The molecule has 0 radical (unpaired) electrons. The first-order valence-electron chi connectivity index (χ1n) is 10.6. The molecule has 2 atom stereocenters. The van der Waals surface area contributed by atoms with Crippen molar-refractivity contribution in [2.75, 3.05) is 19.6 Å². The summed E-state index contributed by atoms with van der Waals surface area (Å²) in [6.45, 7) is 7.15. The molecule has 2 N–H and O–H groups in total. The van der Waals surface area contributed by atoms with Crippen LogP contribution in [-0.2, 0) is 16.0 Å². The lowest BCUT2D eigenvalue weighted by Crippen LogP contribution is -2.45. The highest BCUT2D eigenvalue weighted by atomic mass is 32.1. The van der Waals surface area contributed by atoms with E-state index in [1.165, 1.54) is 0 Å². The summed E-state index contributed by atoms with van der Waals surface area (Å²) < 4.78 is 8.27. The van der Waals surface area contributed by atoms with Gasteiger partial charge in [0.1, 0.15) is 11.4 Å². The van der Waals surface area contributed by atoms with Crippen LogP contribution in [0, 0.1) is 16.1 Å². The minimum absolute atomic E-state index is 0.0539. The van der Waals surface area contributed by atoms with Crippen molar-refractivity contribution >= 4 is 24.2 Å². The van der Waals surface area contributed by atoms with Crippen molar-refractivity contribution in [3.8, 4) is 0 Å².